The van der Waals surface area contributed by atoms with Gasteiger partial charge in [0.2, 0.25) is 5.91 Å². The van der Waals surface area contributed by atoms with Crippen molar-refractivity contribution in [3.63, 3.8) is 0 Å². The molecule has 2 aliphatic rings. The fourth-order valence-corrected chi connectivity index (χ4v) is 6.02. The van der Waals surface area contributed by atoms with Crippen LogP contribution in [0.5, 0.6) is 11.5 Å². The number of esters is 1. The lowest BCUT2D eigenvalue weighted by molar-refractivity contribution is -0.165. The molecule has 4 rings (SSSR count). The third-order valence-corrected chi connectivity index (χ3v) is 8.78. The first-order valence-electron chi connectivity index (χ1n) is 15.1. The molecule has 2 N–H and O–H groups in total. The van der Waals surface area contributed by atoms with Crippen LogP contribution in [0.3, 0.4) is 0 Å². The van der Waals surface area contributed by atoms with E-state index in [2.05, 4.69) is 17.0 Å². The number of rotatable bonds is 7. The zero-order chi connectivity index (χ0) is 30.0. The Morgan fingerprint density at radius 1 is 0.905 bits per heavy atom. The molecule has 1 spiro atoms. The number of hydrogen-bond acceptors (Lipinski definition) is 8. The van der Waals surface area contributed by atoms with Gasteiger partial charge in [-0.15, -0.1) is 0 Å². The van der Waals surface area contributed by atoms with Gasteiger partial charge in [0.25, 0.3) is 0 Å². The topological polar surface area (TPSA) is 109 Å². The number of ether oxygens (including phenoxy) is 3. The minimum absolute atomic E-state index is 0.00222. The lowest BCUT2D eigenvalue weighted by Crippen LogP contribution is -2.45. The van der Waals surface area contributed by atoms with Gasteiger partial charge >= 0.3 is 5.97 Å². The molecule has 2 aromatic rings. The van der Waals surface area contributed by atoms with Crippen molar-refractivity contribution in [2.45, 2.75) is 70.1 Å². The Labute approximate surface area is 249 Å². The maximum Gasteiger partial charge on any atom is 0.312 e. The molecule has 42 heavy (non-hydrogen) atoms. The number of hydrogen-bond donors (Lipinski definition) is 2. The van der Waals surface area contributed by atoms with Crippen molar-refractivity contribution in [1.82, 2.24) is 9.80 Å². The SMILES string of the molecule is COc1ccc(CCC(=O)N2CCCCC3(CCN(Cc4ccccc4)CC3)C(=O)OC[C@@H](O)[C@@H](O)CC2)cc1OC. The lowest BCUT2D eigenvalue weighted by atomic mass is 9.74. The van der Waals surface area contributed by atoms with Crippen molar-refractivity contribution in [3.05, 3.63) is 59.7 Å². The van der Waals surface area contributed by atoms with Gasteiger partial charge in [-0.1, -0.05) is 42.8 Å². The largest absolute Gasteiger partial charge is 0.493 e. The van der Waals surface area contributed by atoms with E-state index < -0.39 is 17.6 Å². The maximum atomic E-state index is 13.4. The number of cyclic esters (lactones) is 1. The van der Waals surface area contributed by atoms with Crippen LogP contribution in [0.4, 0.5) is 0 Å². The van der Waals surface area contributed by atoms with E-state index in [1.165, 1.54) is 5.56 Å². The first-order chi connectivity index (χ1) is 20.3. The van der Waals surface area contributed by atoms with Crippen LogP contribution < -0.4 is 9.47 Å². The van der Waals surface area contributed by atoms with Crippen LogP contribution in [-0.4, -0.2) is 91.1 Å². The number of aliphatic hydroxyl groups is 2. The number of aryl methyl sites for hydroxylation is 1. The smallest absolute Gasteiger partial charge is 0.312 e. The monoisotopic (exact) mass is 582 g/mol. The molecule has 9 nitrogen and oxygen atoms in total. The Hall–Kier alpha value is -3.14. The Balaban J connectivity index is 1.37. The molecule has 2 fully saturated rings. The van der Waals surface area contributed by atoms with Crippen molar-refractivity contribution in [2.75, 3.05) is 47.0 Å². The average molecular weight is 583 g/mol. The fraction of sp³-hybridized carbons (Fsp3) is 0.576. The van der Waals surface area contributed by atoms with Crippen LogP contribution in [0.15, 0.2) is 48.5 Å². The highest BCUT2D eigenvalue weighted by atomic mass is 16.5. The second-order valence-electron chi connectivity index (χ2n) is 11.6. The minimum atomic E-state index is -1.20. The van der Waals surface area contributed by atoms with Gasteiger partial charge in [0.05, 0.1) is 25.7 Å². The zero-order valence-electron chi connectivity index (χ0n) is 25.0. The molecule has 0 unspecified atom stereocenters. The van der Waals surface area contributed by atoms with E-state index in [9.17, 15) is 19.8 Å². The molecule has 2 saturated heterocycles. The van der Waals surface area contributed by atoms with E-state index in [0.717, 1.165) is 38.0 Å². The molecule has 0 aliphatic carbocycles. The lowest BCUT2D eigenvalue weighted by Gasteiger charge is -2.40. The van der Waals surface area contributed by atoms with Gasteiger partial charge in [0.15, 0.2) is 11.5 Å². The van der Waals surface area contributed by atoms with E-state index in [-0.39, 0.29) is 24.9 Å². The summed E-state index contributed by atoms with van der Waals surface area (Å²) in [6.45, 7) is 3.04. The number of benzene rings is 2. The van der Waals surface area contributed by atoms with Gasteiger partial charge in [-0.2, -0.15) is 0 Å². The van der Waals surface area contributed by atoms with E-state index in [0.29, 0.717) is 56.7 Å². The number of nitrogens with zero attached hydrogens (tertiary/aromatic N) is 2. The molecule has 230 valence electrons. The summed E-state index contributed by atoms with van der Waals surface area (Å²) in [5.74, 6) is 0.979. The third-order valence-electron chi connectivity index (χ3n) is 8.78. The van der Waals surface area contributed by atoms with Crippen LogP contribution >= 0.6 is 0 Å². The van der Waals surface area contributed by atoms with Crippen molar-refractivity contribution in [2.24, 2.45) is 5.41 Å². The summed E-state index contributed by atoms with van der Waals surface area (Å²) in [4.78, 5) is 30.8. The third kappa shape index (κ3) is 8.46. The van der Waals surface area contributed by atoms with Gasteiger partial charge in [-0.05, 0) is 74.9 Å². The summed E-state index contributed by atoms with van der Waals surface area (Å²) >= 11 is 0. The van der Waals surface area contributed by atoms with E-state index in [1.807, 2.05) is 36.4 Å². The van der Waals surface area contributed by atoms with Gasteiger partial charge in [-0.25, -0.2) is 0 Å². The molecular weight excluding hydrogens is 536 g/mol. The van der Waals surface area contributed by atoms with Crippen LogP contribution in [-0.2, 0) is 27.3 Å². The molecule has 1 amide bonds. The Morgan fingerprint density at radius 3 is 2.36 bits per heavy atom. The predicted molar refractivity (Wildman–Crippen MR) is 159 cm³/mol. The van der Waals surface area contributed by atoms with Crippen molar-refractivity contribution >= 4 is 11.9 Å². The van der Waals surface area contributed by atoms with Crippen molar-refractivity contribution < 1.29 is 34.0 Å². The van der Waals surface area contributed by atoms with Crippen LogP contribution in [0.1, 0.15) is 56.1 Å². The van der Waals surface area contributed by atoms with Crippen LogP contribution in [0, 0.1) is 5.41 Å². The van der Waals surface area contributed by atoms with Gasteiger partial charge in [-0.3, -0.25) is 14.5 Å². The fourth-order valence-electron chi connectivity index (χ4n) is 6.02. The first-order valence-corrected chi connectivity index (χ1v) is 15.1. The second-order valence-corrected chi connectivity index (χ2v) is 11.6. The summed E-state index contributed by atoms with van der Waals surface area (Å²) < 4.78 is 16.3. The summed E-state index contributed by atoms with van der Waals surface area (Å²) in [6, 6.07) is 16.0. The number of carbonyl (C=O) groups is 2. The molecule has 9 heteroatoms. The summed E-state index contributed by atoms with van der Waals surface area (Å²) in [7, 11) is 3.17. The van der Waals surface area contributed by atoms with Gasteiger partial charge in [0.1, 0.15) is 12.7 Å². The molecule has 2 heterocycles. The number of aliphatic hydroxyl groups excluding tert-OH is 2. The van der Waals surface area contributed by atoms with E-state index in [4.69, 9.17) is 14.2 Å². The van der Waals surface area contributed by atoms with Crippen LogP contribution in [0.25, 0.3) is 0 Å². The number of piperidine rings is 1. The summed E-state index contributed by atoms with van der Waals surface area (Å²) in [6.07, 6.45) is 2.37. The second kappa shape index (κ2) is 15.4. The average Bonchev–Trinajstić information content (AvgIpc) is 3.03. The molecule has 0 saturated carbocycles. The first kappa shape index (κ1) is 31.8. The molecule has 0 aromatic heterocycles. The normalized spacial score (nSPS) is 22.4. The molecule has 2 atom stereocenters. The Kier molecular flexibility index (Phi) is 11.6. The van der Waals surface area contributed by atoms with Crippen LogP contribution in [0.2, 0.25) is 0 Å². The van der Waals surface area contributed by atoms with Gasteiger partial charge in [0, 0.05) is 26.1 Å². The highest BCUT2D eigenvalue weighted by Crippen LogP contribution is 2.39. The van der Waals surface area contributed by atoms with E-state index in [1.54, 1.807) is 19.1 Å². The summed E-state index contributed by atoms with van der Waals surface area (Å²) in [5, 5.41) is 21.1. The number of likely N-dealkylation sites (tertiary alicyclic amines) is 1. The molecular formula is C33H46N2O7. The van der Waals surface area contributed by atoms with Crippen molar-refractivity contribution in [3.8, 4) is 11.5 Å². The molecule has 2 aromatic carbocycles. The van der Waals surface area contributed by atoms with Crippen molar-refractivity contribution in [1.29, 1.82) is 0 Å². The standard InChI is InChI=1S/C33H46N2O7/c1-40-29-12-10-25(22-30(29)41-2)11-13-31(38)35-18-7-6-15-33(32(39)42-24-28(37)27(36)14-19-35)16-20-34(21-17-33)23-26-8-4-3-5-9-26/h3-5,8-10,12,22,27-28,36-37H,6-7,11,13-21,23-24H2,1-2H3/t27-,28+/m0/s1. The number of amides is 1. The quantitative estimate of drug-likeness (QED) is 0.477. The Bertz CT molecular complexity index is 1150. The van der Waals surface area contributed by atoms with Gasteiger partial charge < -0.3 is 29.3 Å². The maximum absolute atomic E-state index is 13.4. The molecule has 2 aliphatic heterocycles. The predicted octanol–water partition coefficient (Wildman–Crippen LogP) is 3.59. The highest BCUT2D eigenvalue weighted by Gasteiger charge is 2.42. The molecule has 0 radical (unpaired) electrons. The highest BCUT2D eigenvalue weighted by molar-refractivity contribution is 5.77. The minimum Gasteiger partial charge on any atom is -0.493 e. The number of methoxy groups -OCH3 is 2. The molecule has 0 bridgehead atoms. The summed E-state index contributed by atoms with van der Waals surface area (Å²) in [5.41, 5.74) is 1.60. The zero-order valence-corrected chi connectivity index (χ0v) is 25.0. The number of carbonyl (C=O) groups excluding carboxylic acids is 2. The Morgan fingerprint density at radius 2 is 1.64 bits per heavy atom. The van der Waals surface area contributed by atoms with E-state index >= 15 is 0 Å².